The molecule has 2 heterocycles. The Balaban J connectivity index is 1.73. The molecule has 0 fully saturated rings. The van der Waals surface area contributed by atoms with E-state index in [4.69, 9.17) is 20.8 Å². The average Bonchev–Trinajstić information content (AvgIpc) is 3.02. The molecular formula is C20H12ClN3O2. The predicted molar refractivity (Wildman–Crippen MR) is 102 cm³/mol. The van der Waals surface area contributed by atoms with Crippen LogP contribution in [-0.4, -0.2) is 22.1 Å². The molecule has 0 aliphatic heterocycles. The summed E-state index contributed by atoms with van der Waals surface area (Å²) >= 11 is 5.96. The SMILES string of the molecule is COc1nc(Cl)nc(-c2ccc3c(c2)oc2cc4ccccc4cc23)n1. The predicted octanol–water partition coefficient (Wildman–Crippen LogP) is 5.25. The Bertz CT molecular complexity index is 1300. The van der Waals surface area contributed by atoms with Gasteiger partial charge in [0.05, 0.1) is 7.11 Å². The van der Waals surface area contributed by atoms with Crippen LogP contribution in [0.15, 0.2) is 59.0 Å². The van der Waals surface area contributed by atoms with E-state index in [0.29, 0.717) is 5.82 Å². The van der Waals surface area contributed by atoms with Gasteiger partial charge in [-0.3, -0.25) is 0 Å². The first-order valence-electron chi connectivity index (χ1n) is 8.02. The maximum atomic E-state index is 6.07. The summed E-state index contributed by atoms with van der Waals surface area (Å²) in [5.41, 5.74) is 2.40. The number of nitrogens with zero attached hydrogens (tertiary/aromatic N) is 3. The van der Waals surface area contributed by atoms with Crippen molar-refractivity contribution >= 4 is 44.3 Å². The number of hydrogen-bond donors (Lipinski definition) is 0. The molecule has 3 aromatic carbocycles. The molecule has 0 radical (unpaired) electrons. The monoisotopic (exact) mass is 361 g/mol. The molecule has 0 N–H and O–H groups in total. The molecule has 5 aromatic rings. The van der Waals surface area contributed by atoms with E-state index in [1.165, 1.54) is 12.5 Å². The molecule has 0 amide bonds. The van der Waals surface area contributed by atoms with E-state index < -0.39 is 0 Å². The van der Waals surface area contributed by atoms with Crippen LogP contribution in [0.2, 0.25) is 5.28 Å². The van der Waals surface area contributed by atoms with E-state index in [2.05, 4.69) is 39.2 Å². The standard InChI is InChI=1S/C20H12ClN3O2/c1-25-20-23-18(22-19(21)24-20)13-6-7-14-15-8-11-4-2-3-5-12(11)9-17(15)26-16(14)10-13/h2-10H,1H3. The van der Waals surface area contributed by atoms with Crippen LogP contribution in [0.1, 0.15) is 0 Å². The van der Waals surface area contributed by atoms with Gasteiger partial charge in [0.15, 0.2) is 5.82 Å². The van der Waals surface area contributed by atoms with Crippen LogP contribution < -0.4 is 4.74 Å². The molecule has 126 valence electrons. The molecule has 2 aromatic heterocycles. The molecular weight excluding hydrogens is 350 g/mol. The molecule has 0 unspecified atom stereocenters. The summed E-state index contributed by atoms with van der Waals surface area (Å²) < 4.78 is 11.1. The number of hydrogen-bond acceptors (Lipinski definition) is 5. The number of halogens is 1. The summed E-state index contributed by atoms with van der Waals surface area (Å²) in [6.07, 6.45) is 0. The number of furan rings is 1. The largest absolute Gasteiger partial charge is 0.467 e. The lowest BCUT2D eigenvalue weighted by atomic mass is 10.1. The van der Waals surface area contributed by atoms with Crippen molar-refractivity contribution in [2.24, 2.45) is 0 Å². The van der Waals surface area contributed by atoms with E-state index in [0.717, 1.165) is 32.9 Å². The number of ether oxygens (including phenoxy) is 1. The van der Waals surface area contributed by atoms with Crippen molar-refractivity contribution < 1.29 is 9.15 Å². The summed E-state index contributed by atoms with van der Waals surface area (Å²) in [5, 5.41) is 4.54. The highest BCUT2D eigenvalue weighted by Crippen LogP contribution is 2.34. The third-order valence-corrected chi connectivity index (χ3v) is 4.54. The van der Waals surface area contributed by atoms with Crippen LogP contribution in [-0.2, 0) is 0 Å². The van der Waals surface area contributed by atoms with Gasteiger partial charge in [0, 0.05) is 16.3 Å². The second-order valence-corrected chi connectivity index (χ2v) is 6.26. The lowest BCUT2D eigenvalue weighted by Gasteiger charge is -2.03. The first-order valence-corrected chi connectivity index (χ1v) is 8.40. The van der Waals surface area contributed by atoms with Gasteiger partial charge in [-0.25, -0.2) is 0 Å². The zero-order chi connectivity index (χ0) is 17.7. The normalized spacial score (nSPS) is 11.5. The summed E-state index contributed by atoms with van der Waals surface area (Å²) in [7, 11) is 1.49. The zero-order valence-electron chi connectivity index (χ0n) is 13.7. The Morgan fingerprint density at radius 1 is 0.846 bits per heavy atom. The van der Waals surface area contributed by atoms with Crippen molar-refractivity contribution in [3.05, 3.63) is 59.9 Å². The number of aromatic nitrogens is 3. The van der Waals surface area contributed by atoms with E-state index in [1.807, 2.05) is 30.3 Å². The molecule has 0 saturated heterocycles. The van der Waals surface area contributed by atoms with Crippen LogP contribution in [0.4, 0.5) is 0 Å². The Hall–Kier alpha value is -3.18. The van der Waals surface area contributed by atoms with Crippen LogP contribution in [0.3, 0.4) is 0 Å². The fraction of sp³-hybridized carbons (Fsp3) is 0.0500. The van der Waals surface area contributed by atoms with Crippen molar-refractivity contribution in [3.63, 3.8) is 0 Å². The molecule has 6 heteroatoms. The highest BCUT2D eigenvalue weighted by Gasteiger charge is 2.12. The Kier molecular flexibility index (Phi) is 3.30. The maximum absolute atomic E-state index is 6.07. The van der Waals surface area contributed by atoms with E-state index in [-0.39, 0.29) is 11.3 Å². The first-order chi connectivity index (χ1) is 12.7. The summed E-state index contributed by atoms with van der Waals surface area (Å²) in [6, 6.07) is 18.5. The Morgan fingerprint density at radius 3 is 2.42 bits per heavy atom. The number of rotatable bonds is 2. The number of fused-ring (bicyclic) bond motifs is 4. The van der Waals surface area contributed by atoms with Gasteiger partial charge in [0.2, 0.25) is 5.28 Å². The summed E-state index contributed by atoms with van der Waals surface area (Å²) in [4.78, 5) is 12.3. The van der Waals surface area contributed by atoms with Crippen molar-refractivity contribution in [3.8, 4) is 17.4 Å². The van der Waals surface area contributed by atoms with Gasteiger partial charge in [-0.05, 0) is 46.6 Å². The third-order valence-electron chi connectivity index (χ3n) is 4.37. The number of benzene rings is 3. The van der Waals surface area contributed by atoms with Crippen LogP contribution >= 0.6 is 11.6 Å². The second-order valence-electron chi connectivity index (χ2n) is 5.92. The lowest BCUT2D eigenvalue weighted by molar-refractivity contribution is 0.379. The zero-order valence-corrected chi connectivity index (χ0v) is 14.5. The molecule has 5 rings (SSSR count). The summed E-state index contributed by atoms with van der Waals surface area (Å²) in [6.45, 7) is 0. The van der Waals surface area contributed by atoms with E-state index in [1.54, 1.807) is 0 Å². The molecule has 0 spiro atoms. The van der Waals surface area contributed by atoms with Gasteiger partial charge in [0.1, 0.15) is 11.2 Å². The molecule has 0 atom stereocenters. The van der Waals surface area contributed by atoms with Crippen LogP contribution in [0.5, 0.6) is 6.01 Å². The fourth-order valence-electron chi connectivity index (χ4n) is 3.15. The minimum atomic E-state index is 0.0859. The van der Waals surface area contributed by atoms with Crippen molar-refractivity contribution in [1.29, 1.82) is 0 Å². The topological polar surface area (TPSA) is 61.0 Å². The minimum Gasteiger partial charge on any atom is -0.467 e. The van der Waals surface area contributed by atoms with E-state index in [9.17, 15) is 0 Å². The van der Waals surface area contributed by atoms with Crippen molar-refractivity contribution in [2.45, 2.75) is 0 Å². The second kappa shape index (κ2) is 5.68. The smallest absolute Gasteiger partial charge is 0.321 e. The summed E-state index contributed by atoms with van der Waals surface area (Å²) in [5.74, 6) is 0.439. The van der Waals surface area contributed by atoms with Gasteiger partial charge < -0.3 is 9.15 Å². The lowest BCUT2D eigenvalue weighted by Crippen LogP contribution is -1.97. The average molecular weight is 362 g/mol. The molecule has 0 aliphatic carbocycles. The molecule has 26 heavy (non-hydrogen) atoms. The molecule has 0 bridgehead atoms. The third kappa shape index (κ3) is 2.36. The van der Waals surface area contributed by atoms with Crippen molar-refractivity contribution in [2.75, 3.05) is 7.11 Å². The van der Waals surface area contributed by atoms with Crippen LogP contribution in [0, 0.1) is 0 Å². The molecule has 0 saturated carbocycles. The highest BCUT2D eigenvalue weighted by molar-refractivity contribution is 6.28. The fourth-order valence-corrected chi connectivity index (χ4v) is 3.31. The van der Waals surface area contributed by atoms with Gasteiger partial charge in [-0.2, -0.15) is 15.0 Å². The van der Waals surface area contributed by atoms with Crippen LogP contribution in [0.25, 0.3) is 44.1 Å². The van der Waals surface area contributed by atoms with E-state index >= 15 is 0 Å². The first kappa shape index (κ1) is 15.1. The van der Waals surface area contributed by atoms with Gasteiger partial charge in [-0.15, -0.1) is 0 Å². The maximum Gasteiger partial charge on any atom is 0.321 e. The Labute approximate surface area is 153 Å². The highest BCUT2D eigenvalue weighted by atomic mass is 35.5. The Morgan fingerprint density at radius 2 is 1.62 bits per heavy atom. The molecule has 0 aliphatic rings. The minimum absolute atomic E-state index is 0.0859. The van der Waals surface area contributed by atoms with Gasteiger partial charge in [-0.1, -0.05) is 30.3 Å². The van der Waals surface area contributed by atoms with Gasteiger partial charge >= 0.3 is 6.01 Å². The number of methoxy groups -OCH3 is 1. The van der Waals surface area contributed by atoms with Crippen molar-refractivity contribution in [1.82, 2.24) is 15.0 Å². The quantitative estimate of drug-likeness (QED) is 0.429. The molecule has 5 nitrogen and oxygen atoms in total. The van der Waals surface area contributed by atoms with Gasteiger partial charge in [0.25, 0.3) is 0 Å².